The molecule has 0 unspecified atom stereocenters. The van der Waals surface area contributed by atoms with E-state index in [4.69, 9.17) is 0 Å². The molecule has 5 heteroatoms. The van der Waals surface area contributed by atoms with Gasteiger partial charge in [0.15, 0.2) is 0 Å². The lowest BCUT2D eigenvalue weighted by atomic mass is 9.99. The molecule has 0 saturated heterocycles. The molecule has 1 aromatic carbocycles. The van der Waals surface area contributed by atoms with Crippen molar-refractivity contribution in [1.82, 2.24) is 19.9 Å². The quantitative estimate of drug-likeness (QED) is 0.542. The summed E-state index contributed by atoms with van der Waals surface area (Å²) < 4.78 is 0. The highest BCUT2D eigenvalue weighted by Crippen LogP contribution is 2.29. The summed E-state index contributed by atoms with van der Waals surface area (Å²) in [5, 5.41) is 2.26. The molecule has 3 aromatic heterocycles. The fourth-order valence-electron chi connectivity index (χ4n) is 4.10. The van der Waals surface area contributed by atoms with Crippen molar-refractivity contribution in [3.63, 3.8) is 0 Å². The van der Waals surface area contributed by atoms with Crippen LogP contribution in [0.1, 0.15) is 33.6 Å². The average Bonchev–Trinajstić information content (AvgIpc) is 3.28. The fraction of sp³-hybridized carbons (Fsp3) is 0.217. The number of nitrogens with one attached hydrogen (secondary N) is 2. The predicted octanol–water partition coefficient (Wildman–Crippen LogP) is 4.59. The highest BCUT2D eigenvalue weighted by molar-refractivity contribution is 5.99. The Morgan fingerprint density at radius 2 is 2.07 bits per heavy atom. The van der Waals surface area contributed by atoms with Crippen molar-refractivity contribution >= 4 is 33.4 Å². The number of carbonyl (C=O) groups is 1. The molecule has 5 nitrogen and oxygen atoms in total. The van der Waals surface area contributed by atoms with E-state index in [1.807, 2.05) is 35.4 Å². The maximum atomic E-state index is 13.0. The van der Waals surface area contributed by atoms with Gasteiger partial charge in [0.25, 0.3) is 5.91 Å². The molecule has 0 spiro atoms. The first-order chi connectivity index (χ1) is 13.6. The van der Waals surface area contributed by atoms with E-state index in [0.29, 0.717) is 6.54 Å². The van der Waals surface area contributed by atoms with Crippen molar-refractivity contribution in [2.24, 2.45) is 0 Å². The van der Waals surface area contributed by atoms with Gasteiger partial charge >= 0.3 is 0 Å². The Kier molecular flexibility index (Phi) is 3.83. The molecule has 0 fully saturated rings. The molecule has 0 saturated carbocycles. The van der Waals surface area contributed by atoms with Crippen LogP contribution in [-0.4, -0.2) is 38.8 Å². The van der Waals surface area contributed by atoms with Crippen LogP contribution >= 0.6 is 0 Å². The zero-order valence-corrected chi connectivity index (χ0v) is 16.0. The predicted molar refractivity (Wildman–Crippen MR) is 112 cm³/mol. The minimum atomic E-state index is 0.0936. The third-order valence-electron chi connectivity index (χ3n) is 5.85. The first kappa shape index (κ1) is 16.8. The van der Waals surface area contributed by atoms with Gasteiger partial charge < -0.3 is 14.9 Å². The Morgan fingerprint density at radius 3 is 2.89 bits per heavy atom. The fourth-order valence-corrected chi connectivity index (χ4v) is 4.10. The number of hydrogen-bond donors (Lipinski definition) is 2. The second-order valence-electron chi connectivity index (χ2n) is 7.47. The van der Waals surface area contributed by atoms with Crippen LogP contribution in [-0.2, 0) is 0 Å². The molecule has 5 rings (SSSR count). The van der Waals surface area contributed by atoms with Crippen LogP contribution in [0.15, 0.2) is 48.8 Å². The second-order valence-corrected chi connectivity index (χ2v) is 7.47. The highest BCUT2D eigenvalue weighted by Gasteiger charge is 2.21. The second kappa shape index (κ2) is 6.37. The topological polar surface area (TPSA) is 64.8 Å². The monoisotopic (exact) mass is 370 g/mol. The summed E-state index contributed by atoms with van der Waals surface area (Å²) in [5.41, 5.74) is 7.56. The first-order valence-electron chi connectivity index (χ1n) is 9.61. The number of amides is 1. The van der Waals surface area contributed by atoms with Crippen molar-refractivity contribution in [1.29, 1.82) is 0 Å². The number of benzene rings is 1. The molecule has 140 valence electrons. The largest absolute Gasteiger partial charge is 0.358 e. The standard InChI is InChI=1S/C23H22N4O/c1-14-15(2)26-21-6-5-17(12-19(14)21)23(28)27-10-7-16(8-11-27)20-13-25-22-18(20)4-3-9-24-22/h3-7,9,12-13,26H,8,10-11H2,1-2H3,(H,24,25). The first-order valence-corrected chi connectivity index (χ1v) is 9.61. The van der Waals surface area contributed by atoms with Crippen LogP contribution in [0.4, 0.5) is 0 Å². The van der Waals surface area contributed by atoms with E-state index in [-0.39, 0.29) is 5.91 Å². The van der Waals surface area contributed by atoms with Crippen LogP contribution in [0.3, 0.4) is 0 Å². The summed E-state index contributed by atoms with van der Waals surface area (Å²) in [4.78, 5) is 25.9. The molecular formula is C23H22N4O. The zero-order valence-electron chi connectivity index (χ0n) is 16.0. The Morgan fingerprint density at radius 1 is 1.18 bits per heavy atom. The van der Waals surface area contributed by atoms with Crippen molar-refractivity contribution in [3.05, 3.63) is 71.2 Å². The number of aromatic nitrogens is 3. The molecular weight excluding hydrogens is 348 g/mol. The van der Waals surface area contributed by atoms with Crippen LogP contribution in [0, 0.1) is 13.8 Å². The van der Waals surface area contributed by atoms with Crippen molar-refractivity contribution in [3.8, 4) is 0 Å². The summed E-state index contributed by atoms with van der Waals surface area (Å²) in [6.45, 7) is 5.51. The van der Waals surface area contributed by atoms with E-state index in [1.54, 1.807) is 6.20 Å². The maximum absolute atomic E-state index is 13.0. The number of nitrogens with zero attached hydrogens (tertiary/aromatic N) is 2. The van der Waals surface area contributed by atoms with Gasteiger partial charge in [0.1, 0.15) is 5.65 Å². The molecule has 0 bridgehead atoms. The minimum Gasteiger partial charge on any atom is -0.358 e. The van der Waals surface area contributed by atoms with Crippen molar-refractivity contribution < 1.29 is 4.79 Å². The van der Waals surface area contributed by atoms with Gasteiger partial charge in [-0.25, -0.2) is 4.98 Å². The van der Waals surface area contributed by atoms with Gasteiger partial charge in [0.05, 0.1) is 0 Å². The summed E-state index contributed by atoms with van der Waals surface area (Å²) >= 11 is 0. The van der Waals surface area contributed by atoms with E-state index in [2.05, 4.69) is 40.9 Å². The summed E-state index contributed by atoms with van der Waals surface area (Å²) in [7, 11) is 0. The van der Waals surface area contributed by atoms with E-state index in [9.17, 15) is 4.79 Å². The molecule has 0 aliphatic carbocycles. The van der Waals surface area contributed by atoms with E-state index in [1.165, 1.54) is 16.7 Å². The number of hydrogen-bond acceptors (Lipinski definition) is 2. The number of aryl methyl sites for hydroxylation is 2. The van der Waals surface area contributed by atoms with Gasteiger partial charge in [-0.1, -0.05) is 6.08 Å². The summed E-state index contributed by atoms with van der Waals surface area (Å²) in [6.07, 6.45) is 6.83. The van der Waals surface area contributed by atoms with Gasteiger partial charge in [-0.2, -0.15) is 0 Å². The Hall–Kier alpha value is -3.34. The Labute approximate surface area is 163 Å². The molecule has 1 aliphatic rings. The lowest BCUT2D eigenvalue weighted by Crippen LogP contribution is -2.34. The summed E-state index contributed by atoms with van der Waals surface area (Å²) in [5.74, 6) is 0.0936. The SMILES string of the molecule is Cc1[nH]c2ccc(C(=O)N3CC=C(c4c[nH]c5ncccc45)CC3)cc2c1C. The van der Waals surface area contributed by atoms with Crippen LogP contribution < -0.4 is 0 Å². The normalized spacial score (nSPS) is 14.6. The average molecular weight is 370 g/mol. The lowest BCUT2D eigenvalue weighted by molar-refractivity contribution is 0.0773. The van der Waals surface area contributed by atoms with Gasteiger partial charge in [0.2, 0.25) is 0 Å². The van der Waals surface area contributed by atoms with E-state index >= 15 is 0 Å². The van der Waals surface area contributed by atoms with E-state index < -0.39 is 0 Å². The minimum absolute atomic E-state index is 0.0936. The lowest BCUT2D eigenvalue weighted by Gasteiger charge is -2.26. The van der Waals surface area contributed by atoms with Gasteiger partial charge in [-0.15, -0.1) is 0 Å². The highest BCUT2D eigenvalue weighted by atomic mass is 16.2. The third-order valence-corrected chi connectivity index (χ3v) is 5.85. The number of rotatable bonds is 2. The Bertz CT molecular complexity index is 1240. The van der Waals surface area contributed by atoms with Crippen molar-refractivity contribution in [2.45, 2.75) is 20.3 Å². The maximum Gasteiger partial charge on any atom is 0.254 e. The molecule has 1 amide bonds. The number of carbonyl (C=O) groups excluding carboxylic acids is 1. The molecule has 4 heterocycles. The molecule has 2 N–H and O–H groups in total. The van der Waals surface area contributed by atoms with Crippen LogP contribution in [0.5, 0.6) is 0 Å². The number of pyridine rings is 1. The molecule has 28 heavy (non-hydrogen) atoms. The van der Waals surface area contributed by atoms with E-state index in [0.717, 1.165) is 46.2 Å². The number of H-pyrrole nitrogens is 2. The zero-order chi connectivity index (χ0) is 19.3. The molecule has 1 aliphatic heterocycles. The molecule has 0 atom stereocenters. The van der Waals surface area contributed by atoms with Gasteiger partial charge in [0, 0.05) is 58.6 Å². The van der Waals surface area contributed by atoms with Gasteiger partial charge in [-0.05, 0) is 61.7 Å². The van der Waals surface area contributed by atoms with Crippen molar-refractivity contribution in [2.75, 3.05) is 13.1 Å². The smallest absolute Gasteiger partial charge is 0.254 e. The molecule has 4 aromatic rings. The Balaban J connectivity index is 1.40. The van der Waals surface area contributed by atoms with Crippen LogP contribution in [0.25, 0.3) is 27.5 Å². The summed E-state index contributed by atoms with van der Waals surface area (Å²) in [6, 6.07) is 9.99. The third kappa shape index (κ3) is 2.62. The molecule has 0 radical (unpaired) electrons. The van der Waals surface area contributed by atoms with Gasteiger partial charge in [-0.3, -0.25) is 4.79 Å². The number of fused-ring (bicyclic) bond motifs is 2. The number of aromatic amines is 2. The van der Waals surface area contributed by atoms with Crippen LogP contribution in [0.2, 0.25) is 0 Å².